The summed E-state index contributed by atoms with van der Waals surface area (Å²) in [5.41, 5.74) is 2.08. The fraction of sp³-hybridized carbons (Fsp3) is 0.111. The maximum Gasteiger partial charge on any atom is 0.142 e. The maximum absolute atomic E-state index is 12.8. The topological polar surface area (TPSA) is 41.6 Å². The lowest BCUT2D eigenvalue weighted by Crippen LogP contribution is -1.82. The van der Waals surface area contributed by atoms with E-state index in [0.29, 0.717) is 17.1 Å². The first-order chi connectivity index (χ1) is 6.79. The third kappa shape index (κ3) is 1.75. The highest BCUT2D eigenvalue weighted by Gasteiger charge is 2.04. The SMILES string of the molecule is Fc1cncc(-c2cc(CCl)[nH]n2)c1. The van der Waals surface area contributed by atoms with Gasteiger partial charge in [0, 0.05) is 11.8 Å². The molecule has 0 atom stereocenters. The van der Waals surface area contributed by atoms with Crippen molar-refractivity contribution in [2.75, 3.05) is 0 Å². The average Bonchev–Trinajstić information content (AvgIpc) is 2.66. The molecule has 2 heterocycles. The van der Waals surface area contributed by atoms with Crippen LogP contribution in [0.3, 0.4) is 0 Å². The summed E-state index contributed by atoms with van der Waals surface area (Å²) in [6, 6.07) is 3.14. The molecule has 0 bridgehead atoms. The number of aromatic amines is 1. The summed E-state index contributed by atoms with van der Waals surface area (Å²) >= 11 is 5.60. The van der Waals surface area contributed by atoms with Gasteiger partial charge in [-0.25, -0.2) is 4.39 Å². The third-order valence-corrected chi connectivity index (χ3v) is 2.06. The van der Waals surface area contributed by atoms with Gasteiger partial charge in [0.15, 0.2) is 0 Å². The summed E-state index contributed by atoms with van der Waals surface area (Å²) in [7, 11) is 0. The lowest BCUT2D eigenvalue weighted by Gasteiger charge is -1.93. The van der Waals surface area contributed by atoms with Crippen LogP contribution in [-0.4, -0.2) is 15.2 Å². The third-order valence-electron chi connectivity index (χ3n) is 1.78. The summed E-state index contributed by atoms with van der Waals surface area (Å²) in [6.07, 6.45) is 2.70. The summed E-state index contributed by atoms with van der Waals surface area (Å²) in [6.45, 7) is 0. The number of H-pyrrole nitrogens is 1. The Bertz CT molecular complexity index is 441. The number of aromatic nitrogens is 3. The lowest BCUT2D eigenvalue weighted by atomic mass is 10.2. The summed E-state index contributed by atoms with van der Waals surface area (Å²) in [5, 5.41) is 6.72. The van der Waals surface area contributed by atoms with Gasteiger partial charge >= 0.3 is 0 Å². The van der Waals surface area contributed by atoms with E-state index in [2.05, 4.69) is 15.2 Å². The first kappa shape index (κ1) is 9.15. The van der Waals surface area contributed by atoms with Crippen LogP contribution in [0.2, 0.25) is 0 Å². The van der Waals surface area contributed by atoms with Crippen molar-refractivity contribution < 1.29 is 4.39 Å². The molecule has 0 saturated heterocycles. The first-order valence-corrected chi connectivity index (χ1v) is 4.54. The Kier molecular flexibility index (Phi) is 2.45. The monoisotopic (exact) mass is 211 g/mol. The Hall–Kier alpha value is -1.42. The van der Waals surface area contributed by atoms with Crippen molar-refractivity contribution in [3.8, 4) is 11.3 Å². The van der Waals surface area contributed by atoms with Crippen molar-refractivity contribution in [1.82, 2.24) is 15.2 Å². The van der Waals surface area contributed by atoms with Crippen LogP contribution in [0.1, 0.15) is 5.69 Å². The minimum Gasteiger partial charge on any atom is -0.281 e. The second-order valence-electron chi connectivity index (χ2n) is 2.80. The molecule has 0 radical (unpaired) electrons. The molecule has 2 rings (SSSR count). The van der Waals surface area contributed by atoms with Crippen LogP contribution >= 0.6 is 11.6 Å². The molecule has 72 valence electrons. The molecular formula is C9H7ClFN3. The number of halogens is 2. The van der Waals surface area contributed by atoms with Crippen LogP contribution in [0.15, 0.2) is 24.5 Å². The molecule has 0 aliphatic heterocycles. The predicted molar refractivity (Wildman–Crippen MR) is 51.3 cm³/mol. The molecule has 0 aliphatic rings. The number of hydrogen-bond acceptors (Lipinski definition) is 2. The zero-order chi connectivity index (χ0) is 9.97. The number of rotatable bonds is 2. The zero-order valence-electron chi connectivity index (χ0n) is 7.17. The van der Waals surface area contributed by atoms with Gasteiger partial charge < -0.3 is 0 Å². The standard InChI is InChI=1S/C9H7ClFN3/c10-3-8-2-9(14-13-8)6-1-7(11)5-12-4-6/h1-2,4-5H,3H2,(H,13,14). The molecule has 0 saturated carbocycles. The van der Waals surface area contributed by atoms with Gasteiger partial charge in [-0.2, -0.15) is 5.10 Å². The minimum atomic E-state index is -0.377. The van der Waals surface area contributed by atoms with Gasteiger partial charge in [0.1, 0.15) is 5.82 Å². The predicted octanol–water partition coefficient (Wildman–Crippen LogP) is 2.35. The summed E-state index contributed by atoms with van der Waals surface area (Å²) in [4.78, 5) is 3.73. The van der Waals surface area contributed by atoms with Crippen LogP contribution in [0, 0.1) is 5.82 Å². The van der Waals surface area contributed by atoms with Crippen LogP contribution in [-0.2, 0) is 5.88 Å². The van der Waals surface area contributed by atoms with Gasteiger partial charge in [0.25, 0.3) is 0 Å². The van der Waals surface area contributed by atoms with Crippen LogP contribution in [0.4, 0.5) is 4.39 Å². The molecule has 0 aromatic carbocycles. The van der Waals surface area contributed by atoms with Gasteiger partial charge in [-0.3, -0.25) is 10.1 Å². The van der Waals surface area contributed by atoms with E-state index >= 15 is 0 Å². The van der Waals surface area contributed by atoms with Crippen molar-refractivity contribution in [1.29, 1.82) is 0 Å². The smallest absolute Gasteiger partial charge is 0.142 e. The van der Waals surface area contributed by atoms with E-state index in [1.54, 1.807) is 12.3 Å². The number of nitrogens with one attached hydrogen (secondary N) is 1. The van der Waals surface area contributed by atoms with Crippen molar-refractivity contribution in [2.24, 2.45) is 0 Å². The largest absolute Gasteiger partial charge is 0.281 e. The molecule has 0 unspecified atom stereocenters. The molecule has 2 aromatic rings. The van der Waals surface area contributed by atoms with E-state index in [4.69, 9.17) is 11.6 Å². The van der Waals surface area contributed by atoms with Gasteiger partial charge in [0.2, 0.25) is 0 Å². The summed E-state index contributed by atoms with van der Waals surface area (Å²) in [5.74, 6) is -0.0200. The molecule has 0 amide bonds. The van der Waals surface area contributed by atoms with E-state index < -0.39 is 0 Å². The van der Waals surface area contributed by atoms with Gasteiger partial charge in [0.05, 0.1) is 23.5 Å². The number of alkyl halides is 1. The van der Waals surface area contributed by atoms with E-state index in [1.165, 1.54) is 6.07 Å². The maximum atomic E-state index is 12.8. The molecule has 1 N–H and O–H groups in total. The van der Waals surface area contributed by atoms with Crippen molar-refractivity contribution >= 4 is 11.6 Å². The molecule has 2 aromatic heterocycles. The second-order valence-corrected chi connectivity index (χ2v) is 3.07. The van der Waals surface area contributed by atoms with Crippen molar-refractivity contribution in [3.63, 3.8) is 0 Å². The van der Waals surface area contributed by atoms with Crippen molar-refractivity contribution in [3.05, 3.63) is 36.0 Å². The van der Waals surface area contributed by atoms with E-state index in [0.717, 1.165) is 11.9 Å². The number of pyridine rings is 1. The van der Waals surface area contributed by atoms with E-state index in [1.807, 2.05) is 0 Å². The Labute approximate surface area is 84.9 Å². The molecular weight excluding hydrogens is 205 g/mol. The van der Waals surface area contributed by atoms with Gasteiger partial charge in [-0.15, -0.1) is 11.6 Å². The Morgan fingerprint density at radius 2 is 2.21 bits per heavy atom. The molecule has 0 fully saturated rings. The zero-order valence-corrected chi connectivity index (χ0v) is 7.92. The average molecular weight is 212 g/mol. The fourth-order valence-corrected chi connectivity index (χ4v) is 1.27. The molecule has 14 heavy (non-hydrogen) atoms. The van der Waals surface area contributed by atoms with E-state index in [-0.39, 0.29) is 5.82 Å². The van der Waals surface area contributed by atoms with Crippen LogP contribution in [0.25, 0.3) is 11.3 Å². The minimum absolute atomic E-state index is 0.357. The Balaban J connectivity index is 2.39. The van der Waals surface area contributed by atoms with Crippen LogP contribution < -0.4 is 0 Å². The quantitative estimate of drug-likeness (QED) is 0.775. The Morgan fingerprint density at radius 3 is 2.86 bits per heavy atom. The Morgan fingerprint density at radius 1 is 1.36 bits per heavy atom. The highest BCUT2D eigenvalue weighted by molar-refractivity contribution is 6.16. The number of nitrogens with zero attached hydrogens (tertiary/aromatic N) is 2. The van der Waals surface area contributed by atoms with Gasteiger partial charge in [-0.1, -0.05) is 0 Å². The van der Waals surface area contributed by atoms with Crippen LogP contribution in [0.5, 0.6) is 0 Å². The molecule has 0 aliphatic carbocycles. The summed E-state index contributed by atoms with van der Waals surface area (Å²) < 4.78 is 12.8. The first-order valence-electron chi connectivity index (χ1n) is 4.01. The second kappa shape index (κ2) is 3.75. The normalized spacial score (nSPS) is 10.4. The molecule has 0 spiro atoms. The highest BCUT2D eigenvalue weighted by Crippen LogP contribution is 2.17. The van der Waals surface area contributed by atoms with Gasteiger partial charge in [-0.05, 0) is 12.1 Å². The molecule has 3 nitrogen and oxygen atoms in total. The van der Waals surface area contributed by atoms with Crippen molar-refractivity contribution in [2.45, 2.75) is 5.88 Å². The fourth-order valence-electron chi connectivity index (χ4n) is 1.13. The number of hydrogen-bond donors (Lipinski definition) is 1. The van der Waals surface area contributed by atoms with E-state index in [9.17, 15) is 4.39 Å². The highest BCUT2D eigenvalue weighted by atomic mass is 35.5. The lowest BCUT2D eigenvalue weighted by molar-refractivity contribution is 0.622. The molecule has 5 heteroatoms.